The Morgan fingerprint density at radius 3 is 1.25 bits per heavy atom. The molecular formula is C26H46N4O2. The minimum absolute atomic E-state index is 0.401. The maximum atomic E-state index is 10.7. The minimum atomic E-state index is 0.401. The molecule has 0 aromatic heterocycles. The summed E-state index contributed by atoms with van der Waals surface area (Å²) in [6.07, 6.45) is 21.1. The summed E-state index contributed by atoms with van der Waals surface area (Å²) in [5.41, 5.74) is 1.54. The van der Waals surface area contributed by atoms with Gasteiger partial charge in [-0.05, 0) is 37.1 Å². The van der Waals surface area contributed by atoms with Crippen molar-refractivity contribution in [3.8, 4) is 0 Å². The van der Waals surface area contributed by atoms with Crippen LogP contribution in [0.15, 0.2) is 34.8 Å². The molecule has 0 radical (unpaired) electrons. The molecule has 0 fully saturated rings. The Labute approximate surface area is 196 Å². The van der Waals surface area contributed by atoms with Gasteiger partial charge in [0, 0.05) is 18.8 Å². The van der Waals surface area contributed by atoms with Gasteiger partial charge in [0.25, 0.3) is 0 Å². The molecule has 6 nitrogen and oxygen atoms in total. The second kappa shape index (κ2) is 19.7. The van der Waals surface area contributed by atoms with Crippen molar-refractivity contribution in [2.45, 2.75) is 117 Å². The lowest BCUT2D eigenvalue weighted by Gasteiger charge is -2.25. The first-order valence-corrected chi connectivity index (χ1v) is 13.1. The highest BCUT2D eigenvalue weighted by molar-refractivity contribution is 5.55. The van der Waals surface area contributed by atoms with Gasteiger partial charge in [0.15, 0.2) is 0 Å². The van der Waals surface area contributed by atoms with Crippen LogP contribution in [0.25, 0.3) is 0 Å². The van der Waals surface area contributed by atoms with Crippen molar-refractivity contribution < 1.29 is 0 Å². The van der Waals surface area contributed by atoms with E-state index >= 15 is 0 Å². The zero-order valence-corrected chi connectivity index (χ0v) is 20.6. The second-order valence-electron chi connectivity index (χ2n) is 8.91. The number of unbranched alkanes of at least 4 members (excludes halogenated alkanes) is 14. The number of rotatable bonds is 22. The molecule has 182 valence electrons. The summed E-state index contributed by atoms with van der Waals surface area (Å²) in [6, 6.07) is 7.42. The van der Waals surface area contributed by atoms with Gasteiger partial charge in [-0.25, -0.2) is 0 Å². The van der Waals surface area contributed by atoms with Crippen LogP contribution in [-0.2, 0) is 0 Å². The molecule has 1 aromatic carbocycles. The molecule has 6 heteroatoms. The van der Waals surface area contributed by atoms with Crippen LogP contribution in [0.5, 0.6) is 0 Å². The van der Waals surface area contributed by atoms with Crippen LogP contribution in [0.1, 0.15) is 117 Å². The Kier molecular flexibility index (Phi) is 17.3. The molecule has 0 aliphatic carbocycles. The first-order valence-electron chi connectivity index (χ1n) is 13.1. The highest BCUT2D eigenvalue weighted by atomic mass is 16.4. The van der Waals surface area contributed by atoms with Gasteiger partial charge in [0.1, 0.15) is 0 Å². The van der Waals surface area contributed by atoms with Gasteiger partial charge in [-0.1, -0.05) is 109 Å². The zero-order chi connectivity index (χ0) is 23.3. The number of anilines is 2. The maximum Gasteiger partial charge on any atom is 0.0924 e. The standard InChI is InChI=1S/C26H46N4O2/c1-3-5-7-9-11-13-15-17-23-29(24-18-16-14-12-10-8-6-4-2)25-19-21-26(22-20-25)30(27-31)28-32/h19-22H,3-18,23-24H2,1-2H3. The van der Waals surface area contributed by atoms with E-state index in [4.69, 9.17) is 0 Å². The van der Waals surface area contributed by atoms with E-state index < -0.39 is 0 Å². The lowest BCUT2D eigenvalue weighted by molar-refractivity contribution is 0.555. The van der Waals surface area contributed by atoms with Crippen LogP contribution in [0, 0.1) is 9.81 Å². The Morgan fingerprint density at radius 2 is 0.875 bits per heavy atom. The van der Waals surface area contributed by atoms with E-state index in [1.807, 2.05) is 12.1 Å². The van der Waals surface area contributed by atoms with Gasteiger partial charge >= 0.3 is 0 Å². The third-order valence-corrected chi connectivity index (χ3v) is 6.16. The summed E-state index contributed by atoms with van der Waals surface area (Å²) in [5.74, 6) is 0. The van der Waals surface area contributed by atoms with E-state index in [9.17, 15) is 9.81 Å². The van der Waals surface area contributed by atoms with Crippen molar-refractivity contribution in [1.82, 2.24) is 0 Å². The van der Waals surface area contributed by atoms with Crippen LogP contribution >= 0.6 is 0 Å². The van der Waals surface area contributed by atoms with Crippen LogP contribution < -0.4 is 10.0 Å². The summed E-state index contributed by atoms with van der Waals surface area (Å²) in [4.78, 5) is 23.8. The summed E-state index contributed by atoms with van der Waals surface area (Å²) >= 11 is 0. The van der Waals surface area contributed by atoms with Crippen molar-refractivity contribution in [2.24, 2.45) is 10.6 Å². The third-order valence-electron chi connectivity index (χ3n) is 6.16. The molecule has 1 aromatic rings. The Hall–Kier alpha value is -1.98. The molecule has 32 heavy (non-hydrogen) atoms. The maximum absolute atomic E-state index is 10.7. The molecule has 0 aliphatic rings. The van der Waals surface area contributed by atoms with Crippen molar-refractivity contribution in [2.75, 3.05) is 23.1 Å². The molecule has 0 saturated heterocycles. The monoisotopic (exact) mass is 446 g/mol. The van der Waals surface area contributed by atoms with Gasteiger partial charge < -0.3 is 4.90 Å². The lowest BCUT2D eigenvalue weighted by atomic mass is 10.1. The number of nitrogens with zero attached hydrogens (tertiary/aromatic N) is 4. The predicted molar refractivity (Wildman–Crippen MR) is 138 cm³/mol. The quantitative estimate of drug-likeness (QED) is 0.101. The summed E-state index contributed by atoms with van der Waals surface area (Å²) in [5, 5.41) is 5.84. The lowest BCUT2D eigenvalue weighted by Crippen LogP contribution is -2.25. The van der Waals surface area contributed by atoms with Crippen LogP contribution in [0.2, 0.25) is 0 Å². The van der Waals surface area contributed by atoms with Crippen molar-refractivity contribution in [1.29, 1.82) is 0 Å². The number of benzene rings is 1. The van der Waals surface area contributed by atoms with Crippen LogP contribution in [0.3, 0.4) is 0 Å². The molecular weight excluding hydrogens is 400 g/mol. The Balaban J connectivity index is 2.47. The van der Waals surface area contributed by atoms with Crippen LogP contribution in [-0.4, -0.2) is 13.1 Å². The first kappa shape index (κ1) is 28.1. The average molecular weight is 447 g/mol. The Bertz CT molecular complexity index is 552. The van der Waals surface area contributed by atoms with E-state index in [-0.39, 0.29) is 0 Å². The number of hydrogen-bond acceptors (Lipinski definition) is 5. The molecule has 0 atom stereocenters. The highest BCUT2D eigenvalue weighted by Gasteiger charge is 2.10. The van der Waals surface area contributed by atoms with Crippen molar-refractivity contribution in [3.05, 3.63) is 34.1 Å². The largest absolute Gasteiger partial charge is 0.372 e. The topological polar surface area (TPSA) is 65.3 Å². The molecule has 0 N–H and O–H groups in total. The van der Waals surface area contributed by atoms with Crippen LogP contribution in [0.4, 0.5) is 11.4 Å². The SMILES string of the molecule is CCCCCCCCCCN(CCCCCCCCCC)c1ccc(N(N=O)N=O)cc1. The minimum Gasteiger partial charge on any atom is -0.372 e. The first-order chi connectivity index (χ1) is 15.8. The van der Waals surface area contributed by atoms with Gasteiger partial charge in [-0.15, -0.1) is 9.81 Å². The second-order valence-corrected chi connectivity index (χ2v) is 8.91. The summed E-state index contributed by atoms with van der Waals surface area (Å²) in [7, 11) is 0. The van der Waals surface area contributed by atoms with Gasteiger partial charge in [-0.2, -0.15) is 0 Å². The van der Waals surface area contributed by atoms with Gasteiger partial charge in [-0.3, -0.25) is 0 Å². The molecule has 0 heterocycles. The molecule has 0 spiro atoms. The van der Waals surface area contributed by atoms with E-state index in [0.717, 1.165) is 18.8 Å². The summed E-state index contributed by atoms with van der Waals surface area (Å²) < 4.78 is 0. The fraction of sp³-hybridized carbons (Fsp3) is 0.769. The highest BCUT2D eigenvalue weighted by Crippen LogP contribution is 2.23. The molecule has 0 unspecified atom stereocenters. The van der Waals surface area contributed by atoms with Crippen molar-refractivity contribution >= 4 is 11.4 Å². The third kappa shape index (κ3) is 12.8. The molecule has 1 rings (SSSR count). The van der Waals surface area contributed by atoms with Gasteiger partial charge in [0.2, 0.25) is 0 Å². The Morgan fingerprint density at radius 1 is 0.531 bits per heavy atom. The normalized spacial score (nSPS) is 10.8. The zero-order valence-electron chi connectivity index (χ0n) is 20.6. The number of nitroso groups, excluding NO2 is 2. The van der Waals surface area contributed by atoms with E-state index in [0.29, 0.717) is 10.8 Å². The molecule has 0 saturated carbocycles. The van der Waals surface area contributed by atoms with Crippen molar-refractivity contribution in [3.63, 3.8) is 0 Å². The fourth-order valence-corrected chi connectivity index (χ4v) is 4.15. The smallest absolute Gasteiger partial charge is 0.0924 e. The predicted octanol–water partition coefficient (Wildman–Crippen LogP) is 8.94. The van der Waals surface area contributed by atoms with E-state index in [1.54, 1.807) is 12.1 Å². The summed E-state index contributed by atoms with van der Waals surface area (Å²) in [6.45, 7) is 6.62. The van der Waals surface area contributed by atoms with E-state index in [1.165, 1.54) is 103 Å². The molecule has 0 aliphatic heterocycles. The fourth-order valence-electron chi connectivity index (χ4n) is 4.15. The van der Waals surface area contributed by atoms with E-state index in [2.05, 4.69) is 29.3 Å². The number of hydrogen-bond donors (Lipinski definition) is 0. The van der Waals surface area contributed by atoms with Gasteiger partial charge in [0.05, 0.1) is 16.3 Å². The average Bonchev–Trinajstić information content (AvgIpc) is 2.82. The molecule has 0 amide bonds. The molecule has 0 bridgehead atoms.